The molecule has 1 aromatic heterocycles. The summed E-state index contributed by atoms with van der Waals surface area (Å²) >= 11 is 5.77. The molecule has 0 aliphatic carbocycles. The van der Waals surface area contributed by atoms with Crippen molar-refractivity contribution in [1.29, 1.82) is 0 Å². The zero-order valence-electron chi connectivity index (χ0n) is 9.38. The van der Waals surface area contributed by atoms with Crippen LogP contribution in [0.2, 0.25) is 5.02 Å². The normalized spacial score (nSPS) is 12.0. The molecule has 0 unspecified atom stereocenters. The minimum atomic E-state index is -3.71. The molecule has 0 bridgehead atoms. The number of methoxy groups -OCH3 is 2. The van der Waals surface area contributed by atoms with Crippen LogP contribution >= 0.6 is 11.6 Å². The molecule has 1 rings (SSSR count). The van der Waals surface area contributed by atoms with Crippen molar-refractivity contribution >= 4 is 21.6 Å². The molecule has 17 heavy (non-hydrogen) atoms. The highest BCUT2D eigenvalue weighted by Crippen LogP contribution is 2.18. The number of sulfonamides is 1. The van der Waals surface area contributed by atoms with Gasteiger partial charge < -0.3 is 9.47 Å². The quantitative estimate of drug-likeness (QED) is 0.774. The minimum Gasteiger partial charge on any atom is -0.355 e. The number of nitrogens with zero attached hydrogens (tertiary/aromatic N) is 1. The zero-order chi connectivity index (χ0) is 12.9. The molecule has 0 aliphatic heterocycles. The van der Waals surface area contributed by atoms with Crippen molar-refractivity contribution in [2.45, 2.75) is 11.2 Å². The van der Waals surface area contributed by atoms with Gasteiger partial charge in [-0.15, -0.1) is 0 Å². The molecule has 0 aromatic carbocycles. The largest absolute Gasteiger partial charge is 0.355 e. The lowest BCUT2D eigenvalue weighted by Crippen LogP contribution is -2.34. The highest BCUT2D eigenvalue weighted by molar-refractivity contribution is 7.89. The Bertz CT molecular complexity index is 462. The van der Waals surface area contributed by atoms with Gasteiger partial charge in [0.25, 0.3) is 0 Å². The van der Waals surface area contributed by atoms with Crippen LogP contribution in [0, 0.1) is 0 Å². The summed E-state index contributed by atoms with van der Waals surface area (Å²) in [6, 6.07) is 1.40. The monoisotopic (exact) mass is 280 g/mol. The van der Waals surface area contributed by atoms with Gasteiger partial charge in [-0.05, 0) is 6.07 Å². The Kier molecular flexibility index (Phi) is 5.29. The Balaban J connectivity index is 2.80. The number of rotatable bonds is 6. The topological polar surface area (TPSA) is 77.5 Å². The lowest BCUT2D eigenvalue weighted by molar-refractivity contribution is -0.0960. The summed E-state index contributed by atoms with van der Waals surface area (Å²) in [6.45, 7) is -0.0133. The maximum atomic E-state index is 11.8. The number of nitrogens with one attached hydrogen (secondary N) is 1. The van der Waals surface area contributed by atoms with Crippen LogP contribution in [0.5, 0.6) is 0 Å². The minimum absolute atomic E-state index is 0.0133. The van der Waals surface area contributed by atoms with Gasteiger partial charge >= 0.3 is 0 Å². The maximum Gasteiger partial charge on any atom is 0.243 e. The van der Waals surface area contributed by atoms with E-state index < -0.39 is 16.3 Å². The van der Waals surface area contributed by atoms with Gasteiger partial charge in [0.1, 0.15) is 4.90 Å². The van der Waals surface area contributed by atoms with Gasteiger partial charge in [-0.25, -0.2) is 13.1 Å². The summed E-state index contributed by atoms with van der Waals surface area (Å²) < 4.78 is 35.7. The summed E-state index contributed by atoms with van der Waals surface area (Å²) in [5.74, 6) is 0. The van der Waals surface area contributed by atoms with Crippen LogP contribution in [0.15, 0.2) is 23.4 Å². The van der Waals surface area contributed by atoms with Crippen molar-refractivity contribution in [2.24, 2.45) is 0 Å². The smallest absolute Gasteiger partial charge is 0.243 e. The molecule has 0 saturated heterocycles. The first kappa shape index (κ1) is 14.3. The number of ether oxygens (including phenoxy) is 2. The maximum absolute atomic E-state index is 11.8. The van der Waals surface area contributed by atoms with E-state index in [1.165, 1.54) is 32.7 Å². The SMILES string of the molecule is COC(CNS(=O)(=O)c1cnccc1Cl)OC. The molecule has 0 aliphatic rings. The molecule has 0 amide bonds. The van der Waals surface area contributed by atoms with Gasteiger partial charge in [0.2, 0.25) is 10.0 Å². The lowest BCUT2D eigenvalue weighted by Gasteiger charge is -2.14. The van der Waals surface area contributed by atoms with E-state index in [4.69, 9.17) is 21.1 Å². The molecule has 8 heteroatoms. The first-order valence-corrected chi connectivity index (χ1v) is 6.52. The molecule has 0 spiro atoms. The molecule has 1 heterocycles. The zero-order valence-corrected chi connectivity index (χ0v) is 11.0. The number of pyridine rings is 1. The Hall–Kier alpha value is -0.730. The van der Waals surface area contributed by atoms with Crippen molar-refractivity contribution in [1.82, 2.24) is 9.71 Å². The fourth-order valence-corrected chi connectivity index (χ4v) is 2.52. The van der Waals surface area contributed by atoms with Crippen LogP contribution in [0.1, 0.15) is 0 Å². The fraction of sp³-hybridized carbons (Fsp3) is 0.444. The van der Waals surface area contributed by atoms with Crippen LogP contribution in [-0.4, -0.2) is 40.5 Å². The molecular formula is C9H13ClN2O4S. The lowest BCUT2D eigenvalue weighted by atomic mass is 10.5. The van der Waals surface area contributed by atoms with E-state index in [0.717, 1.165) is 0 Å². The van der Waals surface area contributed by atoms with E-state index in [1.54, 1.807) is 0 Å². The van der Waals surface area contributed by atoms with Crippen LogP contribution in [0.3, 0.4) is 0 Å². The highest BCUT2D eigenvalue weighted by atomic mass is 35.5. The number of halogens is 1. The second kappa shape index (κ2) is 6.27. The summed E-state index contributed by atoms with van der Waals surface area (Å²) in [5.41, 5.74) is 0. The third-order valence-electron chi connectivity index (χ3n) is 1.99. The highest BCUT2D eigenvalue weighted by Gasteiger charge is 2.19. The number of hydrogen-bond acceptors (Lipinski definition) is 5. The standard InChI is InChI=1S/C9H13ClN2O4S/c1-15-9(16-2)6-12-17(13,14)8-5-11-4-3-7(8)10/h3-5,9,12H,6H2,1-2H3. The van der Waals surface area contributed by atoms with Crippen molar-refractivity contribution in [2.75, 3.05) is 20.8 Å². The summed E-state index contributed by atoms with van der Waals surface area (Å²) in [7, 11) is -0.878. The first-order valence-electron chi connectivity index (χ1n) is 4.66. The third-order valence-corrected chi connectivity index (χ3v) is 3.88. The van der Waals surface area contributed by atoms with Crippen LogP contribution in [-0.2, 0) is 19.5 Å². The van der Waals surface area contributed by atoms with Gasteiger partial charge in [0, 0.05) is 26.6 Å². The second-order valence-electron chi connectivity index (χ2n) is 3.06. The Morgan fingerprint density at radius 2 is 2.12 bits per heavy atom. The predicted octanol–water partition coefficient (Wildman–Crippen LogP) is 0.632. The van der Waals surface area contributed by atoms with E-state index in [9.17, 15) is 8.42 Å². The fourth-order valence-electron chi connectivity index (χ4n) is 1.08. The average molecular weight is 281 g/mol. The third kappa shape index (κ3) is 3.90. The molecule has 96 valence electrons. The van der Waals surface area contributed by atoms with Crippen molar-refractivity contribution < 1.29 is 17.9 Å². The number of aromatic nitrogens is 1. The van der Waals surface area contributed by atoms with Crippen molar-refractivity contribution in [3.63, 3.8) is 0 Å². The molecule has 0 saturated carbocycles. The molecule has 1 aromatic rings. The number of hydrogen-bond donors (Lipinski definition) is 1. The summed E-state index contributed by atoms with van der Waals surface area (Å²) in [6.07, 6.45) is 1.94. The van der Waals surface area contributed by atoms with E-state index in [0.29, 0.717) is 0 Å². The van der Waals surface area contributed by atoms with Crippen LogP contribution in [0.25, 0.3) is 0 Å². The molecule has 6 nitrogen and oxygen atoms in total. The second-order valence-corrected chi connectivity index (χ2v) is 5.20. The average Bonchev–Trinajstić information content (AvgIpc) is 2.30. The van der Waals surface area contributed by atoms with Gasteiger partial charge in [0.15, 0.2) is 6.29 Å². The van der Waals surface area contributed by atoms with Gasteiger partial charge in [-0.3, -0.25) is 4.98 Å². The summed E-state index contributed by atoms with van der Waals surface area (Å²) in [5, 5.41) is 0.110. The molecule has 0 fully saturated rings. The van der Waals surface area contributed by atoms with Crippen LogP contribution < -0.4 is 4.72 Å². The van der Waals surface area contributed by atoms with E-state index in [2.05, 4.69) is 9.71 Å². The van der Waals surface area contributed by atoms with E-state index >= 15 is 0 Å². The van der Waals surface area contributed by atoms with Crippen LogP contribution in [0.4, 0.5) is 0 Å². The Labute approximate surface area is 105 Å². The molecule has 0 radical (unpaired) electrons. The Morgan fingerprint density at radius 3 is 2.65 bits per heavy atom. The predicted molar refractivity (Wildman–Crippen MR) is 62.2 cm³/mol. The van der Waals surface area contributed by atoms with E-state index in [-0.39, 0.29) is 16.5 Å². The van der Waals surface area contributed by atoms with Gasteiger partial charge in [-0.1, -0.05) is 11.6 Å². The molecule has 0 atom stereocenters. The van der Waals surface area contributed by atoms with E-state index in [1.807, 2.05) is 0 Å². The Morgan fingerprint density at radius 1 is 1.47 bits per heavy atom. The van der Waals surface area contributed by atoms with Crippen molar-refractivity contribution in [3.8, 4) is 0 Å². The molecule has 1 N–H and O–H groups in total. The van der Waals surface area contributed by atoms with Gasteiger partial charge in [-0.2, -0.15) is 0 Å². The first-order chi connectivity index (χ1) is 8.01. The molecular weight excluding hydrogens is 268 g/mol. The van der Waals surface area contributed by atoms with Gasteiger partial charge in [0.05, 0.1) is 11.6 Å². The summed E-state index contributed by atoms with van der Waals surface area (Å²) in [4.78, 5) is 3.64. The van der Waals surface area contributed by atoms with Crippen molar-refractivity contribution in [3.05, 3.63) is 23.5 Å².